The van der Waals surface area contributed by atoms with Gasteiger partial charge >= 0.3 is 12.0 Å². The molecule has 2 heterocycles. The summed E-state index contributed by atoms with van der Waals surface area (Å²) >= 11 is 0. The molecule has 1 atom stereocenters. The van der Waals surface area contributed by atoms with E-state index in [2.05, 4.69) is 10.3 Å². The number of imidazole rings is 1. The minimum absolute atomic E-state index is 0.109. The number of hydrogen-bond donors (Lipinski definition) is 2. The second-order valence-corrected chi connectivity index (χ2v) is 6.86. The molecule has 1 saturated heterocycles. The topological polar surface area (TPSA) is 90.7 Å². The largest absolute Gasteiger partial charge is 0.480 e. The van der Waals surface area contributed by atoms with E-state index < -0.39 is 12.0 Å². The first-order valence-electron chi connectivity index (χ1n) is 9.01. The summed E-state index contributed by atoms with van der Waals surface area (Å²) in [4.78, 5) is 31.8. The zero-order chi connectivity index (χ0) is 19.4. The third-order valence-corrected chi connectivity index (χ3v) is 4.86. The second-order valence-electron chi connectivity index (χ2n) is 6.86. The number of aryl methyl sites for hydroxylation is 1. The van der Waals surface area contributed by atoms with Crippen molar-refractivity contribution in [1.29, 1.82) is 0 Å². The third-order valence-electron chi connectivity index (χ3n) is 4.86. The zero-order valence-corrected chi connectivity index (χ0v) is 15.6. The lowest BCUT2D eigenvalue weighted by molar-refractivity contribution is -0.143. The number of hydrogen-bond acceptors (Lipinski definition) is 4. The lowest BCUT2D eigenvalue weighted by Gasteiger charge is -2.25. The first-order chi connectivity index (χ1) is 13.0. The van der Waals surface area contributed by atoms with Crippen LogP contribution in [0.1, 0.15) is 30.3 Å². The van der Waals surface area contributed by atoms with Crippen LogP contribution >= 0.6 is 0 Å². The molecule has 2 amide bonds. The van der Waals surface area contributed by atoms with Gasteiger partial charge < -0.3 is 19.9 Å². The molecule has 3 rings (SSSR count). The Hall–Kier alpha value is -2.87. The molecule has 27 heavy (non-hydrogen) atoms. The fourth-order valence-electron chi connectivity index (χ4n) is 3.32. The summed E-state index contributed by atoms with van der Waals surface area (Å²) < 4.78 is 1.87. The van der Waals surface area contributed by atoms with Crippen molar-refractivity contribution in [2.75, 3.05) is 25.5 Å². The third kappa shape index (κ3) is 4.46. The van der Waals surface area contributed by atoms with Gasteiger partial charge in [0, 0.05) is 38.2 Å². The van der Waals surface area contributed by atoms with Crippen LogP contribution in [-0.2, 0) is 18.4 Å². The standard InChI is InChI=1S/C19H25N5O3/c1-22-12-9-20-16(22)13-23(2)17(18(25)26)14-5-7-15(8-6-14)21-19(27)24-10-3-4-11-24/h5-9,12,17H,3-4,10-11,13H2,1-2H3,(H,21,27)(H,25,26). The molecule has 8 nitrogen and oxygen atoms in total. The number of carbonyl (C=O) groups is 2. The lowest BCUT2D eigenvalue weighted by Crippen LogP contribution is -2.32. The number of likely N-dealkylation sites (N-methyl/N-ethyl adjacent to an activating group) is 1. The number of nitrogens with zero attached hydrogens (tertiary/aromatic N) is 4. The van der Waals surface area contributed by atoms with Crippen molar-refractivity contribution < 1.29 is 14.7 Å². The molecule has 1 unspecified atom stereocenters. The molecule has 2 aromatic rings. The van der Waals surface area contributed by atoms with Gasteiger partial charge in [-0.05, 0) is 37.6 Å². The van der Waals surface area contributed by atoms with E-state index in [4.69, 9.17) is 0 Å². The summed E-state index contributed by atoms with van der Waals surface area (Å²) in [5.74, 6) is -0.140. The van der Waals surface area contributed by atoms with Crippen LogP contribution < -0.4 is 5.32 Å². The van der Waals surface area contributed by atoms with Crippen LogP contribution in [0, 0.1) is 0 Å². The highest BCUT2D eigenvalue weighted by Gasteiger charge is 2.26. The Morgan fingerprint density at radius 1 is 1.26 bits per heavy atom. The summed E-state index contributed by atoms with van der Waals surface area (Å²) in [6, 6.07) is 6.06. The van der Waals surface area contributed by atoms with Gasteiger partial charge in [-0.25, -0.2) is 9.78 Å². The summed E-state index contributed by atoms with van der Waals surface area (Å²) in [6.45, 7) is 1.97. The normalized spacial score (nSPS) is 15.1. The maximum Gasteiger partial charge on any atom is 0.325 e. The molecule has 1 aliphatic rings. The number of amides is 2. The summed E-state index contributed by atoms with van der Waals surface area (Å²) in [5, 5.41) is 12.6. The molecule has 0 aliphatic carbocycles. The highest BCUT2D eigenvalue weighted by Crippen LogP contribution is 2.23. The molecule has 1 aromatic heterocycles. The maximum atomic E-state index is 12.2. The van der Waals surface area contributed by atoms with E-state index in [1.807, 2.05) is 17.8 Å². The van der Waals surface area contributed by atoms with Crippen LogP contribution in [-0.4, -0.2) is 56.6 Å². The van der Waals surface area contributed by atoms with Crippen molar-refractivity contribution in [2.24, 2.45) is 7.05 Å². The van der Waals surface area contributed by atoms with Crippen molar-refractivity contribution in [3.05, 3.63) is 48.0 Å². The first-order valence-corrected chi connectivity index (χ1v) is 9.01. The minimum Gasteiger partial charge on any atom is -0.480 e. The number of benzene rings is 1. The predicted octanol–water partition coefficient (Wildman–Crippen LogP) is 2.31. The smallest absolute Gasteiger partial charge is 0.325 e. The Labute approximate surface area is 158 Å². The number of aromatic nitrogens is 2. The van der Waals surface area contributed by atoms with E-state index in [1.54, 1.807) is 47.3 Å². The monoisotopic (exact) mass is 371 g/mol. The molecule has 1 aromatic carbocycles. The van der Waals surface area contributed by atoms with Crippen molar-refractivity contribution >= 4 is 17.7 Å². The Balaban J connectivity index is 1.69. The molecule has 144 valence electrons. The molecule has 0 bridgehead atoms. The molecule has 0 saturated carbocycles. The number of carboxylic acids is 1. The van der Waals surface area contributed by atoms with Crippen molar-refractivity contribution in [3.8, 4) is 0 Å². The molecule has 0 radical (unpaired) electrons. The van der Waals surface area contributed by atoms with Crippen LogP contribution in [0.2, 0.25) is 0 Å². The van der Waals surface area contributed by atoms with Crippen molar-refractivity contribution in [1.82, 2.24) is 19.4 Å². The SMILES string of the molecule is CN(Cc1nccn1C)C(C(=O)O)c1ccc(NC(=O)N2CCCC2)cc1. The number of rotatable bonds is 6. The van der Waals surface area contributed by atoms with E-state index in [9.17, 15) is 14.7 Å². The Morgan fingerprint density at radius 3 is 2.48 bits per heavy atom. The number of aliphatic carboxylic acids is 1. The van der Waals surface area contributed by atoms with Gasteiger partial charge in [-0.1, -0.05) is 12.1 Å². The molecule has 2 N–H and O–H groups in total. The minimum atomic E-state index is -0.930. The van der Waals surface area contributed by atoms with E-state index in [0.717, 1.165) is 31.8 Å². The lowest BCUT2D eigenvalue weighted by atomic mass is 10.1. The van der Waals surface area contributed by atoms with Gasteiger partial charge in [0.1, 0.15) is 11.9 Å². The van der Waals surface area contributed by atoms with Crippen LogP contribution in [0.3, 0.4) is 0 Å². The number of urea groups is 1. The van der Waals surface area contributed by atoms with Crippen molar-refractivity contribution in [2.45, 2.75) is 25.4 Å². The number of carbonyl (C=O) groups excluding carboxylic acids is 1. The van der Waals surface area contributed by atoms with Crippen LogP contribution in [0.15, 0.2) is 36.7 Å². The van der Waals surface area contributed by atoms with Crippen molar-refractivity contribution in [3.63, 3.8) is 0 Å². The molecular formula is C19H25N5O3. The van der Waals surface area contributed by atoms with E-state index in [0.29, 0.717) is 17.8 Å². The first kappa shape index (κ1) is 18.9. The van der Waals surface area contributed by atoms with Gasteiger partial charge in [-0.2, -0.15) is 0 Å². The highest BCUT2D eigenvalue weighted by atomic mass is 16.4. The average molecular weight is 371 g/mol. The van der Waals surface area contributed by atoms with Gasteiger partial charge in [0.25, 0.3) is 0 Å². The second kappa shape index (κ2) is 8.22. The number of likely N-dealkylation sites (tertiary alicyclic amines) is 1. The molecular weight excluding hydrogens is 346 g/mol. The fraction of sp³-hybridized carbons (Fsp3) is 0.421. The van der Waals surface area contributed by atoms with Gasteiger partial charge in [-0.3, -0.25) is 9.69 Å². The average Bonchev–Trinajstić information content (AvgIpc) is 3.29. The fourth-order valence-corrected chi connectivity index (χ4v) is 3.32. The zero-order valence-electron chi connectivity index (χ0n) is 15.6. The summed E-state index contributed by atoms with van der Waals surface area (Å²) in [6.07, 6.45) is 5.59. The number of carboxylic acid groups (broad SMARTS) is 1. The Kier molecular flexibility index (Phi) is 5.75. The molecule has 0 spiro atoms. The number of nitrogens with one attached hydrogen (secondary N) is 1. The van der Waals surface area contributed by atoms with E-state index >= 15 is 0 Å². The van der Waals surface area contributed by atoms with Gasteiger partial charge in [0.05, 0.1) is 6.54 Å². The highest BCUT2D eigenvalue weighted by molar-refractivity contribution is 5.89. The molecule has 8 heteroatoms. The predicted molar refractivity (Wildman–Crippen MR) is 101 cm³/mol. The number of anilines is 1. The summed E-state index contributed by atoms with van der Waals surface area (Å²) in [5.41, 5.74) is 1.31. The van der Waals surface area contributed by atoms with Crippen LogP contribution in [0.4, 0.5) is 10.5 Å². The molecule has 1 fully saturated rings. The Bertz CT molecular complexity index is 796. The summed E-state index contributed by atoms with van der Waals surface area (Å²) in [7, 11) is 3.64. The van der Waals surface area contributed by atoms with Gasteiger partial charge in [0.15, 0.2) is 0 Å². The van der Waals surface area contributed by atoms with Crippen LogP contribution in [0.25, 0.3) is 0 Å². The Morgan fingerprint density at radius 2 is 1.93 bits per heavy atom. The maximum absolute atomic E-state index is 12.2. The quantitative estimate of drug-likeness (QED) is 0.813. The van der Waals surface area contributed by atoms with Crippen LogP contribution in [0.5, 0.6) is 0 Å². The van der Waals surface area contributed by atoms with E-state index in [1.165, 1.54) is 0 Å². The van der Waals surface area contributed by atoms with Gasteiger partial charge in [0.2, 0.25) is 0 Å². The molecule has 1 aliphatic heterocycles. The van der Waals surface area contributed by atoms with Gasteiger partial charge in [-0.15, -0.1) is 0 Å². The van der Waals surface area contributed by atoms with E-state index in [-0.39, 0.29) is 6.03 Å².